The lowest BCUT2D eigenvalue weighted by Crippen LogP contribution is -2.05. The molecule has 0 atom stereocenters. The Bertz CT molecular complexity index is 1650. The molecule has 1 heterocycles. The van der Waals surface area contributed by atoms with Crippen LogP contribution >= 0.6 is 0 Å². The molecule has 6 rings (SSSR count). The van der Waals surface area contributed by atoms with Gasteiger partial charge in [-0.05, 0) is 41.3 Å². The van der Waals surface area contributed by atoms with Gasteiger partial charge < -0.3 is 4.74 Å². The number of rotatable bonds is 5. The van der Waals surface area contributed by atoms with Gasteiger partial charge in [-0.15, -0.1) is 0 Å². The van der Waals surface area contributed by atoms with Crippen molar-refractivity contribution in [3.05, 3.63) is 185 Å². The second kappa shape index (κ2) is 11.2. The molecule has 1 aliphatic heterocycles. The number of nitrogens with zero attached hydrogens (tertiary/aromatic N) is 1. The van der Waals surface area contributed by atoms with Crippen LogP contribution in [0.25, 0.3) is 11.1 Å². The molecule has 0 aromatic heterocycles. The second-order valence-corrected chi connectivity index (χ2v) is 9.61. The minimum Gasteiger partial charge on any atom is -0.403 e. The predicted octanol–water partition coefficient (Wildman–Crippen LogP) is 8.59. The summed E-state index contributed by atoms with van der Waals surface area (Å²) in [6, 6.07) is 48.1. The van der Waals surface area contributed by atoms with Gasteiger partial charge in [0.05, 0.1) is 16.8 Å². The summed E-state index contributed by atoms with van der Waals surface area (Å²) in [5.74, 6) is -0.135. The SMILES string of the molecule is Cc1ccc(N=C2OC(=O)C(=C(c3ccccc3)c3ccccc3)C2=C(c2ccccc2)c2ccccc2)cc1. The fourth-order valence-corrected chi connectivity index (χ4v) is 5.00. The van der Waals surface area contributed by atoms with Crippen LogP contribution in [0.3, 0.4) is 0 Å². The lowest BCUT2D eigenvalue weighted by molar-refractivity contribution is -0.129. The smallest absolute Gasteiger partial charge is 0.346 e. The molecule has 0 unspecified atom stereocenters. The number of hydrogen-bond acceptors (Lipinski definition) is 3. The highest BCUT2D eigenvalue weighted by atomic mass is 16.5. The quantitative estimate of drug-likeness (QED) is 0.173. The molecular weight excluding hydrogens is 490 g/mol. The first-order valence-corrected chi connectivity index (χ1v) is 13.3. The maximum Gasteiger partial charge on any atom is 0.346 e. The molecule has 5 aromatic carbocycles. The minimum atomic E-state index is -0.423. The number of ether oxygens (including phenoxy) is 1. The first-order valence-electron chi connectivity index (χ1n) is 13.3. The number of carbonyl (C=O) groups is 1. The summed E-state index contributed by atoms with van der Waals surface area (Å²) in [6.07, 6.45) is 0. The summed E-state index contributed by atoms with van der Waals surface area (Å²) in [6.45, 7) is 2.04. The lowest BCUT2D eigenvalue weighted by Gasteiger charge is -2.16. The van der Waals surface area contributed by atoms with E-state index in [1.807, 2.05) is 128 Å². The van der Waals surface area contributed by atoms with Crippen molar-refractivity contribution >= 4 is 28.7 Å². The third-order valence-electron chi connectivity index (χ3n) is 6.87. The van der Waals surface area contributed by atoms with Gasteiger partial charge in [0, 0.05) is 11.1 Å². The van der Waals surface area contributed by atoms with E-state index in [0.717, 1.165) is 39.0 Å². The van der Waals surface area contributed by atoms with E-state index in [2.05, 4.69) is 24.3 Å². The Morgan fingerprint density at radius 3 is 1.27 bits per heavy atom. The Morgan fingerprint density at radius 1 is 0.500 bits per heavy atom. The Balaban J connectivity index is 1.76. The van der Waals surface area contributed by atoms with Crippen molar-refractivity contribution in [3.8, 4) is 0 Å². The second-order valence-electron chi connectivity index (χ2n) is 9.61. The van der Waals surface area contributed by atoms with E-state index in [1.54, 1.807) is 0 Å². The molecule has 5 aromatic rings. The zero-order valence-electron chi connectivity index (χ0n) is 22.1. The molecule has 1 fully saturated rings. The maximum atomic E-state index is 14.0. The Hall–Kier alpha value is -5.28. The topological polar surface area (TPSA) is 38.7 Å². The van der Waals surface area contributed by atoms with Gasteiger partial charge in [0.1, 0.15) is 0 Å². The third kappa shape index (κ3) is 5.05. The van der Waals surface area contributed by atoms with Crippen LogP contribution < -0.4 is 0 Å². The van der Waals surface area contributed by atoms with Crippen LogP contribution in [0.15, 0.2) is 162 Å². The molecular formula is C37H27NO2. The van der Waals surface area contributed by atoms with Gasteiger partial charge >= 0.3 is 5.97 Å². The van der Waals surface area contributed by atoms with Gasteiger partial charge in [0.15, 0.2) is 0 Å². The van der Waals surface area contributed by atoms with Crippen LogP contribution in [-0.4, -0.2) is 11.9 Å². The molecule has 3 heteroatoms. The molecule has 0 spiro atoms. The first-order chi connectivity index (χ1) is 19.7. The molecule has 0 amide bonds. The molecule has 3 nitrogen and oxygen atoms in total. The van der Waals surface area contributed by atoms with Crippen LogP contribution in [0.1, 0.15) is 27.8 Å². The number of aliphatic imine (C=N–C) groups is 1. The van der Waals surface area contributed by atoms with Crippen molar-refractivity contribution in [1.29, 1.82) is 0 Å². The van der Waals surface area contributed by atoms with Gasteiger partial charge in [0.2, 0.25) is 5.90 Å². The van der Waals surface area contributed by atoms with Crippen LogP contribution in [0, 0.1) is 6.92 Å². The van der Waals surface area contributed by atoms with Gasteiger partial charge in [0.25, 0.3) is 0 Å². The summed E-state index contributed by atoms with van der Waals surface area (Å²) in [5.41, 5.74) is 8.49. The van der Waals surface area contributed by atoms with E-state index in [9.17, 15) is 4.79 Å². The minimum absolute atomic E-state index is 0.288. The number of esters is 1. The molecule has 192 valence electrons. The van der Waals surface area contributed by atoms with E-state index in [1.165, 1.54) is 0 Å². The summed E-state index contributed by atoms with van der Waals surface area (Å²) in [7, 11) is 0. The highest BCUT2D eigenvalue weighted by Crippen LogP contribution is 2.42. The highest BCUT2D eigenvalue weighted by Gasteiger charge is 2.38. The van der Waals surface area contributed by atoms with Crippen molar-refractivity contribution in [2.45, 2.75) is 6.92 Å². The fraction of sp³-hybridized carbons (Fsp3) is 0.0270. The van der Waals surface area contributed by atoms with E-state index < -0.39 is 5.97 Å². The summed E-state index contributed by atoms with van der Waals surface area (Å²) < 4.78 is 6.06. The summed E-state index contributed by atoms with van der Waals surface area (Å²) >= 11 is 0. The Kier molecular flexibility index (Phi) is 7.02. The van der Waals surface area contributed by atoms with E-state index in [-0.39, 0.29) is 5.90 Å². The molecule has 0 radical (unpaired) electrons. The van der Waals surface area contributed by atoms with Gasteiger partial charge in [-0.25, -0.2) is 9.79 Å². The van der Waals surface area contributed by atoms with Gasteiger partial charge in [-0.3, -0.25) is 0 Å². The Labute approximate surface area is 234 Å². The zero-order chi connectivity index (χ0) is 27.3. The van der Waals surface area contributed by atoms with Crippen molar-refractivity contribution in [1.82, 2.24) is 0 Å². The van der Waals surface area contributed by atoms with E-state index >= 15 is 0 Å². The third-order valence-corrected chi connectivity index (χ3v) is 6.87. The van der Waals surface area contributed by atoms with Crippen LogP contribution in [0.4, 0.5) is 5.69 Å². The standard InChI is InChI=1S/C37H27NO2/c1-26-22-24-31(25-23-26)38-36-34(32(27-14-6-2-7-15-27)28-16-8-3-9-17-28)35(37(39)40-36)33(29-18-10-4-11-19-29)30-20-12-5-13-21-30/h2-25H,1H3. The monoisotopic (exact) mass is 517 g/mol. The summed E-state index contributed by atoms with van der Waals surface area (Å²) in [5, 5.41) is 0. The normalized spacial score (nSPS) is 13.8. The van der Waals surface area contributed by atoms with E-state index in [4.69, 9.17) is 9.73 Å². The van der Waals surface area contributed by atoms with Crippen LogP contribution in [0.2, 0.25) is 0 Å². The zero-order valence-corrected chi connectivity index (χ0v) is 22.1. The van der Waals surface area contributed by atoms with Crippen LogP contribution in [0.5, 0.6) is 0 Å². The molecule has 1 saturated heterocycles. The van der Waals surface area contributed by atoms with Crippen molar-refractivity contribution in [3.63, 3.8) is 0 Å². The van der Waals surface area contributed by atoms with Crippen molar-refractivity contribution < 1.29 is 9.53 Å². The predicted molar refractivity (Wildman–Crippen MR) is 162 cm³/mol. The number of benzene rings is 5. The average Bonchev–Trinajstić information content (AvgIpc) is 3.31. The molecule has 0 bridgehead atoms. The largest absolute Gasteiger partial charge is 0.403 e. The molecule has 0 saturated carbocycles. The average molecular weight is 518 g/mol. The first kappa shape index (κ1) is 25.0. The molecule has 40 heavy (non-hydrogen) atoms. The number of hydrogen-bond donors (Lipinski definition) is 0. The fourth-order valence-electron chi connectivity index (χ4n) is 5.00. The number of aryl methyl sites for hydroxylation is 1. The van der Waals surface area contributed by atoms with Crippen molar-refractivity contribution in [2.24, 2.45) is 4.99 Å². The van der Waals surface area contributed by atoms with Crippen molar-refractivity contribution in [2.75, 3.05) is 0 Å². The maximum absolute atomic E-state index is 14.0. The molecule has 0 aliphatic carbocycles. The van der Waals surface area contributed by atoms with Crippen LogP contribution in [-0.2, 0) is 9.53 Å². The Morgan fingerprint density at radius 2 is 0.875 bits per heavy atom. The summed E-state index contributed by atoms with van der Waals surface area (Å²) in [4.78, 5) is 18.9. The van der Waals surface area contributed by atoms with Gasteiger partial charge in [-0.2, -0.15) is 0 Å². The molecule has 1 aliphatic rings. The number of cyclic esters (lactones) is 1. The highest BCUT2D eigenvalue weighted by molar-refractivity contribution is 6.29. The molecule has 0 N–H and O–H groups in total. The van der Waals surface area contributed by atoms with E-state index in [0.29, 0.717) is 16.8 Å². The number of carbonyl (C=O) groups excluding carboxylic acids is 1. The lowest BCUT2D eigenvalue weighted by atomic mass is 9.85. The van der Waals surface area contributed by atoms with Gasteiger partial charge in [-0.1, -0.05) is 139 Å².